The number of hydrogen-bond acceptors (Lipinski definition) is 2. The van der Waals surface area contributed by atoms with E-state index in [0.717, 1.165) is 6.42 Å². The summed E-state index contributed by atoms with van der Waals surface area (Å²) in [5, 5.41) is 3.45. The lowest BCUT2D eigenvalue weighted by atomic mass is 10.1. The Labute approximate surface area is 79.6 Å². The van der Waals surface area contributed by atoms with Gasteiger partial charge >= 0.3 is 0 Å². The molecule has 1 aromatic rings. The second-order valence-corrected chi connectivity index (χ2v) is 3.37. The minimum atomic E-state index is 0.341. The fraction of sp³-hybridized carbons (Fsp3) is 0.455. The molecular formula is C11H17NO. The maximum Gasteiger partial charge on any atom is 0.0950 e. The van der Waals surface area contributed by atoms with E-state index in [4.69, 9.17) is 4.42 Å². The summed E-state index contributed by atoms with van der Waals surface area (Å²) in [5.74, 6) is 0. The molecular weight excluding hydrogens is 162 g/mol. The van der Waals surface area contributed by atoms with Crippen molar-refractivity contribution in [2.45, 2.75) is 32.4 Å². The van der Waals surface area contributed by atoms with Crippen molar-refractivity contribution in [3.8, 4) is 0 Å². The first-order valence-corrected chi connectivity index (χ1v) is 4.63. The van der Waals surface area contributed by atoms with Gasteiger partial charge in [0, 0.05) is 17.6 Å². The highest BCUT2D eigenvalue weighted by Crippen LogP contribution is 2.13. The highest BCUT2D eigenvalue weighted by Gasteiger charge is 2.08. The van der Waals surface area contributed by atoms with Crippen LogP contribution in [0.4, 0.5) is 0 Å². The van der Waals surface area contributed by atoms with Gasteiger partial charge in [-0.3, -0.25) is 0 Å². The molecule has 0 aromatic carbocycles. The maximum absolute atomic E-state index is 5.02. The van der Waals surface area contributed by atoms with Crippen LogP contribution in [-0.4, -0.2) is 6.04 Å². The molecule has 1 rings (SSSR count). The molecule has 0 saturated carbocycles. The van der Waals surface area contributed by atoms with Gasteiger partial charge < -0.3 is 9.73 Å². The first-order valence-electron chi connectivity index (χ1n) is 4.63. The molecule has 0 aliphatic heterocycles. The molecule has 0 amide bonds. The summed E-state index contributed by atoms with van der Waals surface area (Å²) in [6.45, 7) is 7.99. The average molecular weight is 179 g/mol. The minimum Gasteiger partial charge on any atom is -0.472 e. The molecule has 0 bridgehead atoms. The van der Waals surface area contributed by atoms with Crippen LogP contribution in [0.2, 0.25) is 0 Å². The normalized spacial score (nSPS) is 15.2. The van der Waals surface area contributed by atoms with E-state index >= 15 is 0 Å². The highest BCUT2D eigenvalue weighted by molar-refractivity contribution is 5.10. The predicted octanol–water partition coefficient (Wildman–Crippen LogP) is 2.89. The Bertz CT molecular complexity index is 241. The molecule has 0 radical (unpaired) electrons. The van der Waals surface area contributed by atoms with Crippen LogP contribution in [0.25, 0.3) is 0 Å². The van der Waals surface area contributed by atoms with E-state index < -0.39 is 0 Å². The van der Waals surface area contributed by atoms with Crippen LogP contribution in [0, 0.1) is 0 Å². The highest BCUT2D eigenvalue weighted by atomic mass is 16.3. The van der Waals surface area contributed by atoms with Gasteiger partial charge in [-0.05, 0) is 26.3 Å². The largest absolute Gasteiger partial charge is 0.472 e. The lowest BCUT2D eigenvalue weighted by molar-refractivity contribution is 0.476. The van der Waals surface area contributed by atoms with Crippen LogP contribution in [0.3, 0.4) is 0 Å². The number of furan rings is 1. The molecule has 0 saturated heterocycles. The van der Waals surface area contributed by atoms with Gasteiger partial charge in [0.1, 0.15) is 0 Å². The third-order valence-electron chi connectivity index (χ3n) is 2.10. The third kappa shape index (κ3) is 3.07. The zero-order valence-electron chi connectivity index (χ0n) is 8.29. The summed E-state index contributed by atoms with van der Waals surface area (Å²) in [5.41, 5.74) is 1.19. The molecule has 72 valence electrons. The van der Waals surface area contributed by atoms with E-state index in [1.54, 1.807) is 12.5 Å². The lowest BCUT2D eigenvalue weighted by Crippen LogP contribution is -2.28. The molecule has 2 unspecified atom stereocenters. The Balaban J connectivity index is 2.41. The number of hydrogen-bond donors (Lipinski definition) is 1. The third-order valence-corrected chi connectivity index (χ3v) is 2.10. The van der Waals surface area contributed by atoms with Crippen LogP contribution in [0.15, 0.2) is 35.7 Å². The molecule has 1 aromatic heterocycles. The van der Waals surface area contributed by atoms with Crippen molar-refractivity contribution in [3.05, 3.63) is 36.8 Å². The van der Waals surface area contributed by atoms with Gasteiger partial charge in [-0.15, -0.1) is 6.58 Å². The molecule has 0 fully saturated rings. The van der Waals surface area contributed by atoms with Crippen molar-refractivity contribution in [1.29, 1.82) is 0 Å². The van der Waals surface area contributed by atoms with Gasteiger partial charge in [-0.2, -0.15) is 0 Å². The smallest absolute Gasteiger partial charge is 0.0950 e. The summed E-state index contributed by atoms with van der Waals surface area (Å²) in [7, 11) is 0. The Morgan fingerprint density at radius 3 is 2.92 bits per heavy atom. The predicted molar refractivity (Wildman–Crippen MR) is 54.5 cm³/mol. The zero-order valence-corrected chi connectivity index (χ0v) is 8.29. The summed E-state index contributed by atoms with van der Waals surface area (Å²) in [6.07, 6.45) is 6.39. The second kappa shape index (κ2) is 4.87. The quantitative estimate of drug-likeness (QED) is 0.703. The Hall–Kier alpha value is -1.02. The fourth-order valence-corrected chi connectivity index (χ4v) is 1.36. The second-order valence-electron chi connectivity index (χ2n) is 3.37. The van der Waals surface area contributed by atoms with Crippen molar-refractivity contribution in [3.63, 3.8) is 0 Å². The van der Waals surface area contributed by atoms with E-state index in [-0.39, 0.29) is 0 Å². The van der Waals surface area contributed by atoms with Crippen LogP contribution >= 0.6 is 0 Å². The van der Waals surface area contributed by atoms with Crippen LogP contribution in [0.1, 0.15) is 31.9 Å². The van der Waals surface area contributed by atoms with Crippen molar-refractivity contribution in [2.75, 3.05) is 0 Å². The molecule has 0 spiro atoms. The number of nitrogens with one attached hydrogen (secondary N) is 1. The Morgan fingerprint density at radius 1 is 1.62 bits per heavy atom. The molecule has 2 atom stereocenters. The molecule has 0 aliphatic carbocycles. The number of rotatable bonds is 5. The van der Waals surface area contributed by atoms with E-state index in [1.807, 2.05) is 12.1 Å². The van der Waals surface area contributed by atoms with Gasteiger partial charge in [0.2, 0.25) is 0 Å². The summed E-state index contributed by atoms with van der Waals surface area (Å²) in [4.78, 5) is 0. The van der Waals surface area contributed by atoms with Crippen molar-refractivity contribution in [1.82, 2.24) is 5.32 Å². The van der Waals surface area contributed by atoms with Crippen molar-refractivity contribution < 1.29 is 4.42 Å². The van der Waals surface area contributed by atoms with E-state index in [0.29, 0.717) is 12.1 Å². The van der Waals surface area contributed by atoms with Crippen molar-refractivity contribution in [2.24, 2.45) is 0 Å². The van der Waals surface area contributed by atoms with Crippen LogP contribution in [0.5, 0.6) is 0 Å². The van der Waals surface area contributed by atoms with Crippen molar-refractivity contribution >= 4 is 0 Å². The average Bonchev–Trinajstić information content (AvgIpc) is 2.55. The minimum absolute atomic E-state index is 0.341. The first-order chi connectivity index (χ1) is 6.24. The summed E-state index contributed by atoms with van der Waals surface area (Å²) < 4.78 is 5.02. The van der Waals surface area contributed by atoms with Gasteiger partial charge in [0.25, 0.3) is 0 Å². The molecule has 2 nitrogen and oxygen atoms in total. The van der Waals surface area contributed by atoms with E-state index in [9.17, 15) is 0 Å². The summed E-state index contributed by atoms with van der Waals surface area (Å²) >= 11 is 0. The van der Waals surface area contributed by atoms with Crippen LogP contribution < -0.4 is 5.32 Å². The Morgan fingerprint density at radius 2 is 2.38 bits per heavy atom. The van der Waals surface area contributed by atoms with Crippen LogP contribution in [-0.2, 0) is 0 Å². The maximum atomic E-state index is 5.02. The van der Waals surface area contributed by atoms with E-state index in [2.05, 4.69) is 25.7 Å². The van der Waals surface area contributed by atoms with E-state index in [1.165, 1.54) is 5.56 Å². The zero-order chi connectivity index (χ0) is 9.68. The van der Waals surface area contributed by atoms with Gasteiger partial charge in [-0.1, -0.05) is 6.08 Å². The monoisotopic (exact) mass is 179 g/mol. The lowest BCUT2D eigenvalue weighted by Gasteiger charge is -2.17. The molecule has 1 N–H and O–H groups in total. The fourth-order valence-electron chi connectivity index (χ4n) is 1.36. The topological polar surface area (TPSA) is 25.2 Å². The molecule has 1 heterocycles. The molecule has 2 heteroatoms. The van der Waals surface area contributed by atoms with Gasteiger partial charge in [0.05, 0.1) is 12.5 Å². The first kappa shape index (κ1) is 10.1. The standard InChI is InChI=1S/C11H17NO/c1-4-5-9(2)12-10(3)11-6-7-13-8-11/h4,6-10,12H,1,5H2,2-3H3. The Kier molecular flexibility index (Phi) is 3.77. The van der Waals surface area contributed by atoms with Gasteiger partial charge in [0.15, 0.2) is 0 Å². The summed E-state index contributed by atoms with van der Waals surface area (Å²) in [6, 6.07) is 2.79. The molecule has 13 heavy (non-hydrogen) atoms. The van der Waals surface area contributed by atoms with Gasteiger partial charge in [-0.25, -0.2) is 0 Å². The SMILES string of the molecule is C=CCC(C)NC(C)c1ccoc1. The molecule has 0 aliphatic rings.